The first-order valence-electron chi connectivity index (χ1n) is 8.71. The maximum atomic E-state index is 14.5. The molecule has 7 heteroatoms. The number of methoxy groups -OCH3 is 1. The van der Waals surface area contributed by atoms with Crippen molar-refractivity contribution >= 4 is 16.0 Å². The van der Waals surface area contributed by atoms with E-state index in [2.05, 4.69) is 4.74 Å². The number of carbonyl (C=O) groups excluding carboxylic acids is 1. The molecule has 138 valence electrons. The van der Waals surface area contributed by atoms with E-state index in [1.165, 1.54) is 11.4 Å². The summed E-state index contributed by atoms with van der Waals surface area (Å²) in [5.74, 6) is -0.771. The Hall–Kier alpha value is -1.47. The lowest BCUT2D eigenvalue weighted by Gasteiger charge is -2.32. The van der Waals surface area contributed by atoms with Crippen LogP contribution in [0, 0.1) is 24.6 Å². The molecule has 0 saturated heterocycles. The van der Waals surface area contributed by atoms with Crippen molar-refractivity contribution in [2.75, 3.05) is 20.2 Å². The topological polar surface area (TPSA) is 63.7 Å². The van der Waals surface area contributed by atoms with Crippen LogP contribution in [0.5, 0.6) is 0 Å². The number of carbonyl (C=O) groups is 1. The largest absolute Gasteiger partial charge is 0.465 e. The molecule has 3 rings (SSSR count). The molecule has 0 aliphatic heterocycles. The standard InChI is InChI=1S/C18H24FNO4S/c1-12-8-16(19)17(9-15(12)18(21)24-2)25(22,23)20(11-14-6-7-14)10-13-4-3-5-13/h8-9,13-14H,3-7,10-11H2,1-2H3. The molecule has 0 bridgehead atoms. The number of aryl methyl sites for hydroxylation is 1. The van der Waals surface area contributed by atoms with E-state index >= 15 is 0 Å². The molecule has 0 heterocycles. The number of nitrogens with zero attached hydrogens (tertiary/aromatic N) is 1. The SMILES string of the molecule is COC(=O)c1cc(S(=O)(=O)N(CC2CCC2)CC2CC2)c(F)cc1C. The fourth-order valence-electron chi connectivity index (χ4n) is 3.14. The Kier molecular flexibility index (Phi) is 5.16. The summed E-state index contributed by atoms with van der Waals surface area (Å²) in [6.45, 7) is 2.42. The fourth-order valence-corrected chi connectivity index (χ4v) is 4.81. The van der Waals surface area contributed by atoms with Gasteiger partial charge in [-0.3, -0.25) is 0 Å². The Balaban J connectivity index is 1.96. The van der Waals surface area contributed by atoms with E-state index in [0.717, 1.165) is 44.2 Å². The fraction of sp³-hybridized carbons (Fsp3) is 0.611. The zero-order valence-electron chi connectivity index (χ0n) is 14.6. The van der Waals surface area contributed by atoms with Gasteiger partial charge in [0.15, 0.2) is 0 Å². The first-order chi connectivity index (χ1) is 11.8. The third kappa shape index (κ3) is 3.87. The number of benzene rings is 1. The monoisotopic (exact) mass is 369 g/mol. The first-order valence-corrected chi connectivity index (χ1v) is 10.2. The predicted molar refractivity (Wildman–Crippen MR) is 91.3 cm³/mol. The van der Waals surface area contributed by atoms with Gasteiger partial charge in [-0.1, -0.05) is 6.42 Å². The average Bonchev–Trinajstić information content (AvgIpc) is 3.32. The number of sulfonamides is 1. The van der Waals surface area contributed by atoms with Gasteiger partial charge >= 0.3 is 5.97 Å². The summed E-state index contributed by atoms with van der Waals surface area (Å²) in [6.07, 6.45) is 5.18. The predicted octanol–water partition coefficient (Wildman–Crippen LogP) is 3.12. The molecule has 2 fully saturated rings. The Morgan fingerprint density at radius 3 is 2.28 bits per heavy atom. The van der Waals surface area contributed by atoms with Gasteiger partial charge in [0.25, 0.3) is 0 Å². The van der Waals surface area contributed by atoms with Crippen LogP contribution in [0.25, 0.3) is 0 Å². The molecule has 2 saturated carbocycles. The lowest BCUT2D eigenvalue weighted by atomic mass is 9.85. The maximum absolute atomic E-state index is 14.5. The molecule has 0 amide bonds. The molecule has 0 N–H and O–H groups in total. The van der Waals surface area contributed by atoms with Crippen LogP contribution in [0.4, 0.5) is 4.39 Å². The summed E-state index contributed by atoms with van der Waals surface area (Å²) in [5, 5.41) is 0. The number of halogens is 1. The summed E-state index contributed by atoms with van der Waals surface area (Å²) in [4.78, 5) is 11.4. The molecule has 0 aromatic heterocycles. The molecular weight excluding hydrogens is 345 g/mol. The Labute approximate surface area is 148 Å². The molecule has 0 unspecified atom stereocenters. The number of rotatable bonds is 7. The minimum absolute atomic E-state index is 0.0810. The van der Waals surface area contributed by atoms with Crippen molar-refractivity contribution < 1.29 is 22.3 Å². The molecule has 2 aliphatic rings. The second-order valence-electron chi connectivity index (χ2n) is 7.15. The Morgan fingerprint density at radius 2 is 1.80 bits per heavy atom. The van der Waals surface area contributed by atoms with Crippen LogP contribution in [0.2, 0.25) is 0 Å². The molecule has 25 heavy (non-hydrogen) atoms. The van der Waals surface area contributed by atoms with Crippen molar-refractivity contribution in [3.05, 3.63) is 29.1 Å². The molecule has 1 aromatic carbocycles. The highest BCUT2D eigenvalue weighted by molar-refractivity contribution is 7.89. The number of esters is 1. The molecule has 0 atom stereocenters. The lowest BCUT2D eigenvalue weighted by molar-refractivity contribution is 0.0599. The third-order valence-electron chi connectivity index (χ3n) is 5.15. The summed E-state index contributed by atoms with van der Waals surface area (Å²) < 4.78 is 46.8. The summed E-state index contributed by atoms with van der Waals surface area (Å²) in [6, 6.07) is 2.21. The number of hydrogen-bond acceptors (Lipinski definition) is 4. The van der Waals surface area contributed by atoms with Crippen LogP contribution in [0.1, 0.15) is 48.0 Å². The van der Waals surface area contributed by atoms with Crippen LogP contribution >= 0.6 is 0 Å². The van der Waals surface area contributed by atoms with Crippen molar-refractivity contribution in [2.45, 2.75) is 43.9 Å². The maximum Gasteiger partial charge on any atom is 0.338 e. The van der Waals surface area contributed by atoms with Gasteiger partial charge in [-0.25, -0.2) is 17.6 Å². The summed E-state index contributed by atoms with van der Waals surface area (Å²) in [5.41, 5.74) is 0.438. The van der Waals surface area contributed by atoms with Crippen molar-refractivity contribution in [2.24, 2.45) is 11.8 Å². The number of ether oxygens (including phenoxy) is 1. The van der Waals surface area contributed by atoms with E-state index < -0.39 is 26.7 Å². The zero-order chi connectivity index (χ0) is 18.2. The van der Waals surface area contributed by atoms with E-state index in [4.69, 9.17) is 0 Å². The van der Waals surface area contributed by atoms with Crippen LogP contribution in [0.3, 0.4) is 0 Å². The highest BCUT2D eigenvalue weighted by Gasteiger charge is 2.36. The van der Waals surface area contributed by atoms with Crippen LogP contribution in [-0.2, 0) is 14.8 Å². The van der Waals surface area contributed by atoms with Crippen LogP contribution < -0.4 is 0 Å². The van der Waals surface area contributed by atoms with Crippen molar-refractivity contribution in [3.63, 3.8) is 0 Å². The smallest absolute Gasteiger partial charge is 0.338 e. The average molecular weight is 369 g/mol. The Morgan fingerprint density at radius 1 is 1.20 bits per heavy atom. The zero-order valence-corrected chi connectivity index (χ0v) is 15.4. The van der Waals surface area contributed by atoms with E-state index in [-0.39, 0.29) is 5.56 Å². The quantitative estimate of drug-likeness (QED) is 0.693. The van der Waals surface area contributed by atoms with E-state index in [9.17, 15) is 17.6 Å². The van der Waals surface area contributed by atoms with Crippen molar-refractivity contribution in [1.29, 1.82) is 0 Å². The molecular formula is C18H24FNO4S. The molecule has 1 aromatic rings. The third-order valence-corrected chi connectivity index (χ3v) is 6.99. The lowest BCUT2D eigenvalue weighted by Crippen LogP contribution is -2.39. The van der Waals surface area contributed by atoms with Crippen LogP contribution in [0.15, 0.2) is 17.0 Å². The normalized spacial score (nSPS) is 18.2. The molecule has 5 nitrogen and oxygen atoms in total. The first kappa shape index (κ1) is 18.3. The van der Waals surface area contributed by atoms with Gasteiger partial charge < -0.3 is 4.74 Å². The van der Waals surface area contributed by atoms with E-state index in [0.29, 0.717) is 30.5 Å². The van der Waals surface area contributed by atoms with Gasteiger partial charge in [0.1, 0.15) is 10.7 Å². The van der Waals surface area contributed by atoms with Gasteiger partial charge in [-0.2, -0.15) is 4.31 Å². The minimum Gasteiger partial charge on any atom is -0.465 e. The van der Waals surface area contributed by atoms with E-state index in [1.54, 1.807) is 6.92 Å². The van der Waals surface area contributed by atoms with Gasteiger partial charge in [0.2, 0.25) is 10.0 Å². The summed E-state index contributed by atoms with van der Waals surface area (Å²) in [7, 11) is -2.77. The number of hydrogen-bond donors (Lipinski definition) is 0. The highest BCUT2D eigenvalue weighted by atomic mass is 32.2. The Bertz CT molecular complexity index is 770. The van der Waals surface area contributed by atoms with Gasteiger partial charge in [0.05, 0.1) is 12.7 Å². The second-order valence-corrected chi connectivity index (χ2v) is 9.06. The molecule has 0 spiro atoms. The second kappa shape index (κ2) is 7.03. The van der Waals surface area contributed by atoms with Gasteiger partial charge in [0, 0.05) is 13.1 Å². The van der Waals surface area contributed by atoms with Crippen molar-refractivity contribution in [1.82, 2.24) is 4.31 Å². The highest BCUT2D eigenvalue weighted by Crippen LogP contribution is 2.35. The van der Waals surface area contributed by atoms with Gasteiger partial charge in [-0.15, -0.1) is 0 Å². The van der Waals surface area contributed by atoms with Crippen molar-refractivity contribution in [3.8, 4) is 0 Å². The van der Waals surface area contributed by atoms with Gasteiger partial charge in [-0.05, 0) is 62.1 Å². The summed E-state index contributed by atoms with van der Waals surface area (Å²) >= 11 is 0. The van der Waals surface area contributed by atoms with Crippen LogP contribution in [-0.4, -0.2) is 38.9 Å². The molecule has 2 aliphatic carbocycles. The minimum atomic E-state index is -3.99. The van der Waals surface area contributed by atoms with E-state index in [1.807, 2.05) is 0 Å². The molecule has 0 radical (unpaired) electrons.